The fourth-order valence-corrected chi connectivity index (χ4v) is 3.17. The summed E-state index contributed by atoms with van der Waals surface area (Å²) in [5, 5.41) is 3.57. The minimum atomic E-state index is 0.658. The van der Waals surface area contributed by atoms with E-state index in [1.54, 1.807) is 0 Å². The Morgan fingerprint density at radius 2 is 1.70 bits per heavy atom. The molecule has 1 aromatic carbocycles. The Kier molecular flexibility index (Phi) is 6.06. The van der Waals surface area contributed by atoms with Crippen molar-refractivity contribution in [3.63, 3.8) is 0 Å². The van der Waals surface area contributed by atoms with E-state index in [0.29, 0.717) is 5.92 Å². The van der Waals surface area contributed by atoms with Gasteiger partial charge >= 0.3 is 0 Å². The van der Waals surface area contributed by atoms with Crippen LogP contribution in [0.3, 0.4) is 0 Å². The normalized spacial score (nSPS) is 26.8. The van der Waals surface area contributed by atoms with Crippen molar-refractivity contribution in [2.45, 2.75) is 33.1 Å². The number of benzene rings is 1. The third-order valence-corrected chi connectivity index (χ3v) is 4.37. The fourth-order valence-electron chi connectivity index (χ4n) is 3.17. The molecule has 2 rings (SSSR count). The van der Waals surface area contributed by atoms with Gasteiger partial charge in [0.15, 0.2) is 0 Å². The van der Waals surface area contributed by atoms with Crippen LogP contribution in [0.15, 0.2) is 30.3 Å². The summed E-state index contributed by atoms with van der Waals surface area (Å²) in [7, 11) is 0. The summed E-state index contributed by atoms with van der Waals surface area (Å²) in [6, 6.07) is 10.9. The van der Waals surface area contributed by atoms with Crippen LogP contribution in [0.5, 0.6) is 0 Å². The predicted octanol–water partition coefficient (Wildman–Crippen LogP) is 3.36. The van der Waals surface area contributed by atoms with Gasteiger partial charge < -0.3 is 10.2 Å². The molecule has 1 heterocycles. The Balaban J connectivity index is 1.84. The first-order chi connectivity index (χ1) is 9.65. The summed E-state index contributed by atoms with van der Waals surface area (Å²) in [6.07, 6.45) is 1.26. The molecule has 2 heteroatoms. The lowest BCUT2D eigenvalue weighted by Gasteiger charge is -2.32. The fraction of sp³-hybridized carbons (Fsp3) is 0.667. The molecule has 1 aromatic rings. The van der Waals surface area contributed by atoms with Crippen molar-refractivity contribution in [3.8, 4) is 0 Å². The molecule has 0 bridgehead atoms. The molecular weight excluding hydrogens is 244 g/mol. The van der Waals surface area contributed by atoms with E-state index in [2.05, 4.69) is 61.3 Å². The van der Waals surface area contributed by atoms with Gasteiger partial charge in [-0.2, -0.15) is 0 Å². The van der Waals surface area contributed by atoms with E-state index in [-0.39, 0.29) is 0 Å². The average molecular weight is 274 g/mol. The van der Waals surface area contributed by atoms with Gasteiger partial charge in [0.25, 0.3) is 0 Å². The Labute approximate surface area is 124 Å². The highest BCUT2D eigenvalue weighted by Gasteiger charge is 2.17. The van der Waals surface area contributed by atoms with E-state index in [1.165, 1.54) is 31.6 Å². The second kappa shape index (κ2) is 7.80. The largest absolute Gasteiger partial charge is 0.316 e. The highest BCUT2D eigenvalue weighted by molar-refractivity contribution is 5.18. The monoisotopic (exact) mass is 274 g/mol. The van der Waals surface area contributed by atoms with Crippen molar-refractivity contribution in [2.24, 2.45) is 11.8 Å². The van der Waals surface area contributed by atoms with Crippen LogP contribution in [0.2, 0.25) is 0 Å². The molecule has 0 aliphatic carbocycles. The first-order valence-corrected chi connectivity index (χ1v) is 8.13. The Morgan fingerprint density at radius 1 is 1.10 bits per heavy atom. The van der Waals surface area contributed by atoms with E-state index < -0.39 is 0 Å². The van der Waals surface area contributed by atoms with E-state index in [0.717, 1.165) is 24.9 Å². The molecule has 112 valence electrons. The van der Waals surface area contributed by atoms with E-state index >= 15 is 0 Å². The summed E-state index contributed by atoms with van der Waals surface area (Å²) in [5.74, 6) is 2.18. The van der Waals surface area contributed by atoms with Crippen molar-refractivity contribution in [1.82, 2.24) is 10.2 Å². The summed E-state index contributed by atoms with van der Waals surface area (Å²) in [6.45, 7) is 13.1. The summed E-state index contributed by atoms with van der Waals surface area (Å²) in [4.78, 5) is 2.68. The van der Waals surface area contributed by atoms with Crippen LogP contribution >= 0.6 is 0 Å². The molecule has 0 saturated carbocycles. The molecule has 1 fully saturated rings. The Bertz CT molecular complexity index is 364. The average Bonchev–Trinajstić information content (AvgIpc) is 2.43. The number of hydrogen-bond donors (Lipinski definition) is 1. The molecule has 0 spiro atoms. The molecule has 1 N–H and O–H groups in total. The van der Waals surface area contributed by atoms with Crippen molar-refractivity contribution in [1.29, 1.82) is 0 Å². The first-order valence-electron chi connectivity index (χ1n) is 8.13. The van der Waals surface area contributed by atoms with Gasteiger partial charge in [-0.1, -0.05) is 51.1 Å². The van der Waals surface area contributed by atoms with Gasteiger partial charge in [-0.05, 0) is 49.4 Å². The summed E-state index contributed by atoms with van der Waals surface area (Å²) >= 11 is 0. The maximum absolute atomic E-state index is 3.57. The molecule has 2 nitrogen and oxygen atoms in total. The highest BCUT2D eigenvalue weighted by Crippen LogP contribution is 2.19. The van der Waals surface area contributed by atoms with Crippen molar-refractivity contribution >= 4 is 0 Å². The third kappa shape index (κ3) is 4.92. The molecule has 0 radical (unpaired) electrons. The summed E-state index contributed by atoms with van der Waals surface area (Å²) in [5.41, 5.74) is 1.47. The molecule has 20 heavy (non-hydrogen) atoms. The lowest BCUT2D eigenvalue weighted by molar-refractivity contribution is 0.181. The SMILES string of the molecule is CC1CNCC(C)CN(CCC(C)c2ccccc2)C1. The second-order valence-electron chi connectivity index (χ2n) is 6.73. The zero-order valence-corrected chi connectivity index (χ0v) is 13.3. The Hall–Kier alpha value is -0.860. The molecule has 1 saturated heterocycles. The molecule has 0 aromatic heterocycles. The van der Waals surface area contributed by atoms with Crippen LogP contribution < -0.4 is 5.32 Å². The standard InChI is InChI=1S/C18H30N2/c1-15-11-19-12-16(2)14-20(13-15)10-9-17(3)18-7-5-4-6-8-18/h4-8,15-17,19H,9-14H2,1-3H3. The zero-order valence-electron chi connectivity index (χ0n) is 13.3. The van der Waals surface area contributed by atoms with Gasteiger partial charge in [-0.3, -0.25) is 0 Å². The van der Waals surface area contributed by atoms with Gasteiger partial charge in [0.2, 0.25) is 0 Å². The molecular formula is C18H30N2. The highest BCUT2D eigenvalue weighted by atomic mass is 15.1. The Morgan fingerprint density at radius 3 is 2.30 bits per heavy atom. The first kappa shape index (κ1) is 15.5. The number of nitrogens with one attached hydrogen (secondary N) is 1. The lowest BCUT2D eigenvalue weighted by atomic mass is 9.97. The van der Waals surface area contributed by atoms with Gasteiger partial charge in [-0.15, -0.1) is 0 Å². The summed E-state index contributed by atoms with van der Waals surface area (Å²) < 4.78 is 0. The quantitative estimate of drug-likeness (QED) is 0.905. The minimum Gasteiger partial charge on any atom is -0.316 e. The smallest absolute Gasteiger partial charge is 0.00193 e. The van der Waals surface area contributed by atoms with Crippen LogP contribution in [0.4, 0.5) is 0 Å². The van der Waals surface area contributed by atoms with Gasteiger partial charge in [-0.25, -0.2) is 0 Å². The minimum absolute atomic E-state index is 0.658. The van der Waals surface area contributed by atoms with Gasteiger partial charge in [0.1, 0.15) is 0 Å². The maximum Gasteiger partial charge on any atom is 0.00193 e. The van der Waals surface area contributed by atoms with Crippen LogP contribution in [0, 0.1) is 11.8 Å². The van der Waals surface area contributed by atoms with E-state index in [4.69, 9.17) is 0 Å². The molecule has 3 atom stereocenters. The maximum atomic E-state index is 3.57. The predicted molar refractivity (Wildman–Crippen MR) is 87.1 cm³/mol. The van der Waals surface area contributed by atoms with E-state index in [9.17, 15) is 0 Å². The molecule has 3 unspecified atom stereocenters. The van der Waals surface area contributed by atoms with Crippen LogP contribution in [-0.4, -0.2) is 37.6 Å². The lowest BCUT2D eigenvalue weighted by Crippen LogP contribution is -2.43. The van der Waals surface area contributed by atoms with Crippen molar-refractivity contribution in [2.75, 3.05) is 32.7 Å². The molecule has 1 aliphatic heterocycles. The molecule has 0 amide bonds. The second-order valence-corrected chi connectivity index (χ2v) is 6.73. The van der Waals surface area contributed by atoms with Crippen molar-refractivity contribution in [3.05, 3.63) is 35.9 Å². The van der Waals surface area contributed by atoms with Crippen molar-refractivity contribution < 1.29 is 0 Å². The topological polar surface area (TPSA) is 15.3 Å². The van der Waals surface area contributed by atoms with E-state index in [1.807, 2.05) is 0 Å². The number of nitrogens with zero attached hydrogens (tertiary/aromatic N) is 1. The molecule has 1 aliphatic rings. The van der Waals surface area contributed by atoms with Gasteiger partial charge in [0.05, 0.1) is 0 Å². The number of hydrogen-bond acceptors (Lipinski definition) is 2. The zero-order chi connectivity index (χ0) is 14.4. The van der Waals surface area contributed by atoms with Crippen LogP contribution in [-0.2, 0) is 0 Å². The third-order valence-electron chi connectivity index (χ3n) is 4.37. The van der Waals surface area contributed by atoms with Crippen LogP contribution in [0.1, 0.15) is 38.7 Å². The van der Waals surface area contributed by atoms with Gasteiger partial charge in [0, 0.05) is 13.1 Å². The van der Waals surface area contributed by atoms with Crippen LogP contribution in [0.25, 0.3) is 0 Å². The number of rotatable bonds is 4.